The lowest BCUT2D eigenvalue weighted by molar-refractivity contribution is -0.113. The van der Waals surface area contributed by atoms with Crippen molar-refractivity contribution in [3.8, 4) is 22.8 Å². The van der Waals surface area contributed by atoms with Gasteiger partial charge in [-0.3, -0.25) is 9.36 Å². The van der Waals surface area contributed by atoms with E-state index in [1.54, 1.807) is 54.1 Å². The number of amides is 1. The molecule has 0 fully saturated rings. The van der Waals surface area contributed by atoms with Crippen molar-refractivity contribution in [2.45, 2.75) is 12.1 Å². The lowest BCUT2D eigenvalue weighted by Gasteiger charge is -2.13. The Hall–Kier alpha value is -3.36. The molecule has 1 amide bonds. The minimum Gasteiger partial charge on any atom is -0.495 e. The van der Waals surface area contributed by atoms with E-state index in [0.29, 0.717) is 33.0 Å². The minimum atomic E-state index is -0.443. The van der Waals surface area contributed by atoms with E-state index in [1.165, 1.54) is 6.07 Å². The summed E-state index contributed by atoms with van der Waals surface area (Å²) in [5.41, 5.74) is 2.44. The molecule has 0 aliphatic carbocycles. The number of nitrogens with one attached hydrogen (secondary N) is 1. The van der Waals surface area contributed by atoms with Crippen LogP contribution in [0.25, 0.3) is 17.1 Å². The highest BCUT2D eigenvalue weighted by Gasteiger charge is 2.21. The zero-order valence-electron chi connectivity index (χ0n) is 17.9. The number of anilines is 1. The van der Waals surface area contributed by atoms with Crippen LogP contribution in [0, 0.1) is 12.7 Å². The Morgan fingerprint density at radius 3 is 2.64 bits per heavy atom. The lowest BCUT2D eigenvalue weighted by atomic mass is 10.2. The summed E-state index contributed by atoms with van der Waals surface area (Å²) in [5, 5.41) is 12.2. The first-order chi connectivity index (χ1) is 16.0. The first-order valence-electron chi connectivity index (χ1n) is 10.0. The van der Waals surface area contributed by atoms with Gasteiger partial charge < -0.3 is 10.1 Å². The standard InChI is InChI=1S/C24H20ClFN4O2S/c1-15-11-12-21(32-2)19(13-15)27-22(31)14-33-24-29-28-23(16-7-3-4-8-17(16)25)30(24)20-10-6-5-9-18(20)26/h3-13H,14H2,1-2H3,(H,27,31). The van der Waals surface area contributed by atoms with Gasteiger partial charge in [-0.1, -0.05) is 53.7 Å². The quantitative estimate of drug-likeness (QED) is 0.338. The molecular formula is C24H20ClFN4O2S. The number of aromatic nitrogens is 3. The summed E-state index contributed by atoms with van der Waals surface area (Å²) in [5.74, 6) is 0.280. The number of hydrogen-bond donors (Lipinski definition) is 1. The van der Waals surface area contributed by atoms with Crippen LogP contribution in [0.4, 0.5) is 10.1 Å². The van der Waals surface area contributed by atoms with E-state index in [-0.39, 0.29) is 17.3 Å². The number of rotatable bonds is 7. The predicted octanol–water partition coefficient (Wildman–Crippen LogP) is 5.77. The van der Waals surface area contributed by atoms with Gasteiger partial charge >= 0.3 is 0 Å². The summed E-state index contributed by atoms with van der Waals surface area (Å²) < 4.78 is 21.6. The van der Waals surface area contributed by atoms with Crippen molar-refractivity contribution in [3.63, 3.8) is 0 Å². The molecule has 0 atom stereocenters. The Kier molecular flexibility index (Phi) is 6.96. The van der Waals surface area contributed by atoms with Gasteiger partial charge in [0.2, 0.25) is 5.91 Å². The average Bonchev–Trinajstić information content (AvgIpc) is 3.22. The SMILES string of the molecule is COc1ccc(C)cc1NC(=O)CSc1nnc(-c2ccccc2Cl)n1-c1ccccc1F. The number of hydrogen-bond acceptors (Lipinski definition) is 5. The van der Waals surface area contributed by atoms with Crippen molar-refractivity contribution in [1.82, 2.24) is 14.8 Å². The number of thioether (sulfide) groups is 1. The maximum absolute atomic E-state index is 14.7. The molecule has 0 saturated heterocycles. The molecular weight excluding hydrogens is 463 g/mol. The van der Waals surface area contributed by atoms with Crippen LogP contribution in [-0.2, 0) is 4.79 Å². The fraction of sp³-hybridized carbons (Fsp3) is 0.125. The fourth-order valence-electron chi connectivity index (χ4n) is 3.27. The second kappa shape index (κ2) is 10.1. The Bertz CT molecular complexity index is 1310. The van der Waals surface area contributed by atoms with E-state index in [1.807, 2.05) is 25.1 Å². The maximum atomic E-state index is 14.7. The van der Waals surface area contributed by atoms with Gasteiger partial charge in [-0.15, -0.1) is 10.2 Å². The molecule has 3 aromatic carbocycles. The van der Waals surface area contributed by atoms with Gasteiger partial charge in [0, 0.05) is 5.56 Å². The maximum Gasteiger partial charge on any atom is 0.234 e. The van der Waals surface area contributed by atoms with Crippen LogP contribution in [0.1, 0.15) is 5.56 Å². The fourth-order valence-corrected chi connectivity index (χ4v) is 4.23. The molecule has 9 heteroatoms. The molecule has 0 aliphatic rings. The third-order valence-corrected chi connectivity index (χ3v) is 6.06. The topological polar surface area (TPSA) is 69.0 Å². The molecule has 0 aliphatic heterocycles. The second-order valence-corrected chi connectivity index (χ2v) is 8.46. The Labute approximate surface area is 199 Å². The van der Waals surface area contributed by atoms with Crippen molar-refractivity contribution in [2.24, 2.45) is 0 Å². The zero-order chi connectivity index (χ0) is 23.4. The summed E-state index contributed by atoms with van der Waals surface area (Å²) in [6, 6.07) is 19.0. The van der Waals surface area contributed by atoms with Crippen molar-refractivity contribution in [3.05, 3.63) is 83.1 Å². The van der Waals surface area contributed by atoms with Gasteiger partial charge in [-0.2, -0.15) is 0 Å². The predicted molar refractivity (Wildman–Crippen MR) is 129 cm³/mol. The Morgan fingerprint density at radius 1 is 1.12 bits per heavy atom. The largest absolute Gasteiger partial charge is 0.495 e. The highest BCUT2D eigenvalue weighted by molar-refractivity contribution is 7.99. The van der Waals surface area contributed by atoms with Crippen molar-refractivity contribution >= 4 is 35.0 Å². The molecule has 168 valence electrons. The molecule has 0 saturated carbocycles. The lowest BCUT2D eigenvalue weighted by Crippen LogP contribution is -2.15. The van der Waals surface area contributed by atoms with E-state index in [9.17, 15) is 9.18 Å². The number of carbonyl (C=O) groups excluding carboxylic acids is 1. The molecule has 1 aromatic heterocycles. The number of carbonyl (C=O) groups is 1. The molecule has 1 heterocycles. The van der Waals surface area contributed by atoms with Crippen LogP contribution < -0.4 is 10.1 Å². The van der Waals surface area contributed by atoms with Crippen LogP contribution in [0.3, 0.4) is 0 Å². The smallest absolute Gasteiger partial charge is 0.234 e. The van der Waals surface area contributed by atoms with E-state index in [2.05, 4.69) is 15.5 Å². The summed E-state index contributed by atoms with van der Waals surface area (Å²) in [6.07, 6.45) is 0. The molecule has 4 rings (SSSR count). The van der Waals surface area contributed by atoms with Crippen molar-refractivity contribution in [1.29, 1.82) is 0 Å². The third kappa shape index (κ3) is 5.02. The van der Waals surface area contributed by atoms with Crippen LogP contribution in [-0.4, -0.2) is 33.5 Å². The van der Waals surface area contributed by atoms with E-state index in [0.717, 1.165) is 17.3 Å². The molecule has 33 heavy (non-hydrogen) atoms. The molecule has 0 spiro atoms. The van der Waals surface area contributed by atoms with Crippen LogP contribution in [0.2, 0.25) is 5.02 Å². The van der Waals surface area contributed by atoms with Crippen LogP contribution >= 0.6 is 23.4 Å². The number of aryl methyl sites for hydroxylation is 1. The molecule has 6 nitrogen and oxygen atoms in total. The first kappa shape index (κ1) is 22.8. The monoisotopic (exact) mass is 482 g/mol. The van der Waals surface area contributed by atoms with Gasteiger partial charge in [-0.05, 0) is 48.9 Å². The van der Waals surface area contributed by atoms with Crippen LogP contribution in [0.5, 0.6) is 5.75 Å². The summed E-state index contributed by atoms with van der Waals surface area (Å²) in [6.45, 7) is 1.93. The van der Waals surface area contributed by atoms with Gasteiger partial charge in [0.25, 0.3) is 0 Å². The highest BCUT2D eigenvalue weighted by atomic mass is 35.5. The minimum absolute atomic E-state index is 0.0339. The molecule has 1 N–H and O–H groups in total. The number of ether oxygens (including phenoxy) is 1. The second-order valence-electron chi connectivity index (χ2n) is 7.11. The number of benzene rings is 3. The average molecular weight is 483 g/mol. The van der Waals surface area contributed by atoms with E-state index >= 15 is 0 Å². The summed E-state index contributed by atoms with van der Waals surface area (Å²) >= 11 is 7.51. The number of para-hydroxylation sites is 1. The van der Waals surface area contributed by atoms with Gasteiger partial charge in [0.15, 0.2) is 11.0 Å². The van der Waals surface area contributed by atoms with E-state index < -0.39 is 5.82 Å². The summed E-state index contributed by atoms with van der Waals surface area (Å²) in [4.78, 5) is 12.7. The van der Waals surface area contributed by atoms with Crippen molar-refractivity contribution < 1.29 is 13.9 Å². The highest BCUT2D eigenvalue weighted by Crippen LogP contribution is 2.33. The van der Waals surface area contributed by atoms with Crippen molar-refractivity contribution in [2.75, 3.05) is 18.2 Å². The number of halogens is 2. The summed E-state index contributed by atoms with van der Waals surface area (Å²) in [7, 11) is 1.54. The van der Waals surface area contributed by atoms with Gasteiger partial charge in [-0.25, -0.2) is 4.39 Å². The number of nitrogens with zero attached hydrogens (tertiary/aromatic N) is 3. The molecule has 0 unspecified atom stereocenters. The molecule has 0 radical (unpaired) electrons. The van der Waals surface area contributed by atoms with Crippen LogP contribution in [0.15, 0.2) is 71.9 Å². The Morgan fingerprint density at radius 2 is 1.88 bits per heavy atom. The van der Waals surface area contributed by atoms with E-state index in [4.69, 9.17) is 16.3 Å². The first-order valence-corrected chi connectivity index (χ1v) is 11.4. The third-order valence-electron chi connectivity index (χ3n) is 4.80. The van der Waals surface area contributed by atoms with Gasteiger partial charge in [0.05, 0.1) is 29.3 Å². The Balaban J connectivity index is 1.64. The molecule has 4 aromatic rings. The normalized spacial score (nSPS) is 10.8. The van der Waals surface area contributed by atoms with Gasteiger partial charge in [0.1, 0.15) is 11.6 Å². The number of methoxy groups -OCH3 is 1. The molecule has 0 bridgehead atoms. The zero-order valence-corrected chi connectivity index (χ0v) is 19.5.